The van der Waals surface area contributed by atoms with E-state index in [2.05, 4.69) is 4.98 Å². The van der Waals surface area contributed by atoms with Gasteiger partial charge in [0.05, 0.1) is 29.6 Å². The van der Waals surface area contributed by atoms with Gasteiger partial charge in [-0.2, -0.15) is 0 Å². The molecule has 0 atom stereocenters. The van der Waals surface area contributed by atoms with Crippen molar-refractivity contribution in [3.63, 3.8) is 0 Å². The predicted octanol–water partition coefficient (Wildman–Crippen LogP) is 2.45. The van der Waals surface area contributed by atoms with Crippen LogP contribution >= 0.6 is 11.3 Å². The van der Waals surface area contributed by atoms with Crippen molar-refractivity contribution in [1.82, 2.24) is 4.98 Å². The molecule has 1 aromatic heterocycles. The minimum atomic E-state index is -0.870. The average molecular weight is 249 g/mol. The van der Waals surface area contributed by atoms with Crippen LogP contribution in [0.2, 0.25) is 0 Å². The highest BCUT2D eigenvalue weighted by molar-refractivity contribution is 7.13. The molecule has 5 heteroatoms. The van der Waals surface area contributed by atoms with Gasteiger partial charge in [-0.25, -0.2) is 4.98 Å². The van der Waals surface area contributed by atoms with Crippen LogP contribution in [-0.4, -0.2) is 23.2 Å². The molecule has 0 bridgehead atoms. The SMILES string of the molecule is COc1ccc(-c2scnc2CC(=O)O)cc1. The second-order valence-corrected chi connectivity index (χ2v) is 4.28. The first-order valence-corrected chi connectivity index (χ1v) is 5.87. The number of hydrogen-bond acceptors (Lipinski definition) is 4. The van der Waals surface area contributed by atoms with Crippen LogP contribution in [0.15, 0.2) is 29.8 Å². The number of methoxy groups -OCH3 is 1. The molecular formula is C12H11NO3S. The summed E-state index contributed by atoms with van der Waals surface area (Å²) >= 11 is 1.44. The summed E-state index contributed by atoms with van der Waals surface area (Å²) in [5.74, 6) is -0.0938. The molecule has 0 radical (unpaired) electrons. The lowest BCUT2D eigenvalue weighted by Gasteiger charge is -2.02. The van der Waals surface area contributed by atoms with E-state index in [-0.39, 0.29) is 6.42 Å². The maximum atomic E-state index is 10.7. The zero-order chi connectivity index (χ0) is 12.3. The van der Waals surface area contributed by atoms with E-state index in [0.29, 0.717) is 5.69 Å². The number of aliphatic carboxylic acids is 1. The lowest BCUT2D eigenvalue weighted by Crippen LogP contribution is -2.01. The summed E-state index contributed by atoms with van der Waals surface area (Å²) in [5.41, 5.74) is 3.23. The molecule has 2 aromatic rings. The van der Waals surface area contributed by atoms with Crippen molar-refractivity contribution < 1.29 is 14.6 Å². The Bertz CT molecular complexity index is 519. The normalized spacial score (nSPS) is 10.2. The fourth-order valence-corrected chi connectivity index (χ4v) is 2.33. The highest BCUT2D eigenvalue weighted by atomic mass is 32.1. The molecule has 0 saturated carbocycles. The first-order valence-electron chi connectivity index (χ1n) is 4.99. The van der Waals surface area contributed by atoms with Crippen molar-refractivity contribution in [1.29, 1.82) is 0 Å². The van der Waals surface area contributed by atoms with Crippen molar-refractivity contribution >= 4 is 17.3 Å². The van der Waals surface area contributed by atoms with Gasteiger partial charge in [-0.05, 0) is 29.8 Å². The number of nitrogens with zero attached hydrogens (tertiary/aromatic N) is 1. The van der Waals surface area contributed by atoms with Crippen LogP contribution in [0.4, 0.5) is 0 Å². The van der Waals surface area contributed by atoms with E-state index in [4.69, 9.17) is 9.84 Å². The van der Waals surface area contributed by atoms with Crippen LogP contribution in [0.5, 0.6) is 5.75 Å². The largest absolute Gasteiger partial charge is 0.497 e. The second-order valence-electron chi connectivity index (χ2n) is 3.43. The van der Waals surface area contributed by atoms with Crippen molar-refractivity contribution in [3.05, 3.63) is 35.5 Å². The zero-order valence-electron chi connectivity index (χ0n) is 9.21. The van der Waals surface area contributed by atoms with Gasteiger partial charge in [0.1, 0.15) is 5.75 Å². The fourth-order valence-electron chi connectivity index (χ4n) is 1.52. The Morgan fingerprint density at radius 1 is 1.41 bits per heavy atom. The van der Waals surface area contributed by atoms with Crippen molar-refractivity contribution in [2.24, 2.45) is 0 Å². The maximum absolute atomic E-state index is 10.7. The highest BCUT2D eigenvalue weighted by Gasteiger charge is 2.11. The van der Waals surface area contributed by atoms with Gasteiger partial charge in [-0.1, -0.05) is 0 Å². The molecule has 0 saturated heterocycles. The molecule has 1 heterocycles. The lowest BCUT2D eigenvalue weighted by molar-refractivity contribution is -0.136. The summed E-state index contributed by atoms with van der Waals surface area (Å²) < 4.78 is 5.07. The molecule has 88 valence electrons. The Hall–Kier alpha value is -1.88. The summed E-state index contributed by atoms with van der Waals surface area (Å²) in [6.07, 6.45) is -0.0507. The third-order valence-corrected chi connectivity index (χ3v) is 3.23. The molecule has 0 amide bonds. The van der Waals surface area contributed by atoms with Crippen LogP contribution < -0.4 is 4.74 Å². The van der Waals surface area contributed by atoms with Crippen LogP contribution in [0.25, 0.3) is 10.4 Å². The Labute approximate surface area is 103 Å². The van der Waals surface area contributed by atoms with Gasteiger partial charge in [0.15, 0.2) is 0 Å². The quantitative estimate of drug-likeness (QED) is 0.904. The zero-order valence-corrected chi connectivity index (χ0v) is 10.0. The maximum Gasteiger partial charge on any atom is 0.309 e. The number of aromatic nitrogens is 1. The van der Waals surface area contributed by atoms with E-state index < -0.39 is 5.97 Å². The molecule has 0 spiro atoms. The molecule has 0 aliphatic carbocycles. The smallest absolute Gasteiger partial charge is 0.309 e. The van der Waals surface area contributed by atoms with E-state index in [9.17, 15) is 4.79 Å². The van der Waals surface area contributed by atoms with Crippen LogP contribution in [0.3, 0.4) is 0 Å². The molecule has 2 rings (SSSR count). The van der Waals surface area contributed by atoms with Crippen LogP contribution in [0, 0.1) is 0 Å². The van der Waals surface area contributed by atoms with E-state index in [1.54, 1.807) is 12.6 Å². The van der Waals surface area contributed by atoms with Crippen molar-refractivity contribution in [2.75, 3.05) is 7.11 Å². The average Bonchev–Trinajstić information content (AvgIpc) is 2.76. The molecule has 4 nitrogen and oxygen atoms in total. The van der Waals surface area contributed by atoms with E-state index in [1.165, 1.54) is 11.3 Å². The van der Waals surface area contributed by atoms with Gasteiger partial charge in [0.25, 0.3) is 0 Å². The summed E-state index contributed by atoms with van der Waals surface area (Å²) in [6, 6.07) is 7.49. The van der Waals surface area contributed by atoms with Gasteiger partial charge in [-0.15, -0.1) is 11.3 Å². The molecule has 0 aliphatic heterocycles. The van der Waals surface area contributed by atoms with Crippen LogP contribution in [-0.2, 0) is 11.2 Å². The number of benzene rings is 1. The molecule has 1 aromatic carbocycles. The summed E-state index contributed by atoms with van der Waals surface area (Å²) in [7, 11) is 1.61. The van der Waals surface area contributed by atoms with Crippen molar-refractivity contribution in [2.45, 2.75) is 6.42 Å². The number of rotatable bonds is 4. The molecular weight excluding hydrogens is 238 g/mol. The van der Waals surface area contributed by atoms with Crippen LogP contribution in [0.1, 0.15) is 5.69 Å². The monoisotopic (exact) mass is 249 g/mol. The first kappa shape index (κ1) is 11.6. The van der Waals surface area contributed by atoms with Gasteiger partial charge >= 0.3 is 5.97 Å². The first-order chi connectivity index (χ1) is 8.20. The number of hydrogen-bond donors (Lipinski definition) is 1. The minimum Gasteiger partial charge on any atom is -0.497 e. The van der Waals surface area contributed by atoms with E-state index in [1.807, 2.05) is 24.3 Å². The highest BCUT2D eigenvalue weighted by Crippen LogP contribution is 2.29. The van der Waals surface area contributed by atoms with E-state index >= 15 is 0 Å². The number of carbonyl (C=O) groups is 1. The second kappa shape index (κ2) is 4.97. The Balaban J connectivity index is 2.32. The minimum absolute atomic E-state index is 0.0507. The third-order valence-electron chi connectivity index (χ3n) is 2.31. The van der Waals surface area contributed by atoms with Gasteiger partial charge in [-0.3, -0.25) is 4.79 Å². The molecule has 1 N–H and O–H groups in total. The fraction of sp³-hybridized carbons (Fsp3) is 0.167. The molecule has 0 fully saturated rings. The van der Waals surface area contributed by atoms with Crippen molar-refractivity contribution in [3.8, 4) is 16.2 Å². The summed E-state index contributed by atoms with van der Waals surface area (Å²) in [6.45, 7) is 0. The predicted molar refractivity (Wildman–Crippen MR) is 65.4 cm³/mol. The number of thiazole rings is 1. The molecule has 0 unspecified atom stereocenters. The summed E-state index contributed by atoms with van der Waals surface area (Å²) in [5, 5.41) is 8.78. The van der Waals surface area contributed by atoms with E-state index in [0.717, 1.165) is 16.2 Å². The third kappa shape index (κ3) is 2.62. The Kier molecular flexibility index (Phi) is 3.39. The topological polar surface area (TPSA) is 59.4 Å². The summed E-state index contributed by atoms with van der Waals surface area (Å²) in [4.78, 5) is 15.7. The molecule has 17 heavy (non-hydrogen) atoms. The number of carboxylic acids is 1. The van der Waals surface area contributed by atoms with Gasteiger partial charge in [0.2, 0.25) is 0 Å². The molecule has 0 aliphatic rings. The lowest BCUT2D eigenvalue weighted by atomic mass is 10.1. The number of carboxylic acid groups (broad SMARTS) is 1. The van der Waals surface area contributed by atoms with Gasteiger partial charge < -0.3 is 9.84 Å². The Morgan fingerprint density at radius 3 is 2.71 bits per heavy atom. The van der Waals surface area contributed by atoms with Gasteiger partial charge in [0, 0.05) is 0 Å². The number of ether oxygens (including phenoxy) is 1. The standard InChI is InChI=1S/C12H11NO3S/c1-16-9-4-2-8(3-5-9)12-10(6-11(14)15)13-7-17-12/h2-5,7H,6H2,1H3,(H,14,15). The Morgan fingerprint density at radius 2 is 2.12 bits per heavy atom.